The molecule has 1 aliphatic heterocycles. The highest BCUT2D eigenvalue weighted by atomic mass is 15.8. The molecule has 0 aliphatic carbocycles. The standard InChI is InChI=1S/C3H9N3/c1-2-6-3-4-5-6/h4-5H,2-3H2,1H3. The van der Waals surface area contributed by atoms with Crippen LogP contribution >= 0.6 is 0 Å². The summed E-state index contributed by atoms with van der Waals surface area (Å²) in [4.78, 5) is 0. The van der Waals surface area contributed by atoms with Crippen molar-refractivity contribution < 1.29 is 0 Å². The van der Waals surface area contributed by atoms with Crippen LogP contribution in [0.1, 0.15) is 6.92 Å². The van der Waals surface area contributed by atoms with E-state index in [0.717, 1.165) is 13.2 Å². The highest BCUT2D eigenvalue weighted by Gasteiger charge is 2.06. The largest absolute Gasteiger partial charge is 0.228 e. The van der Waals surface area contributed by atoms with E-state index in [1.807, 2.05) is 0 Å². The number of hydrogen-bond donors (Lipinski definition) is 2. The zero-order chi connectivity index (χ0) is 4.41. The van der Waals surface area contributed by atoms with Crippen molar-refractivity contribution in [1.82, 2.24) is 16.0 Å². The molecule has 0 unspecified atom stereocenters. The molecule has 0 spiro atoms. The van der Waals surface area contributed by atoms with Gasteiger partial charge < -0.3 is 0 Å². The number of nitrogens with zero attached hydrogens (tertiary/aromatic N) is 1. The first-order valence-corrected chi connectivity index (χ1v) is 2.17. The van der Waals surface area contributed by atoms with E-state index >= 15 is 0 Å². The van der Waals surface area contributed by atoms with E-state index in [4.69, 9.17) is 0 Å². The predicted molar refractivity (Wildman–Crippen MR) is 23.5 cm³/mol. The van der Waals surface area contributed by atoms with Crippen LogP contribution in [0.2, 0.25) is 0 Å². The lowest BCUT2D eigenvalue weighted by Gasteiger charge is -2.31. The van der Waals surface area contributed by atoms with E-state index in [9.17, 15) is 0 Å². The molecule has 3 nitrogen and oxygen atoms in total. The summed E-state index contributed by atoms with van der Waals surface area (Å²) in [5, 5.41) is 2.07. The van der Waals surface area contributed by atoms with Gasteiger partial charge in [0.15, 0.2) is 0 Å². The molecule has 6 heavy (non-hydrogen) atoms. The number of nitrogens with one attached hydrogen (secondary N) is 2. The Labute approximate surface area is 37.3 Å². The van der Waals surface area contributed by atoms with Gasteiger partial charge in [-0.2, -0.15) is 5.53 Å². The Balaban J connectivity index is 2.01. The molecule has 0 radical (unpaired) electrons. The Kier molecular flexibility index (Phi) is 1.05. The van der Waals surface area contributed by atoms with Crippen LogP contribution in [0.25, 0.3) is 0 Å². The Morgan fingerprint density at radius 1 is 1.83 bits per heavy atom. The van der Waals surface area contributed by atoms with Gasteiger partial charge in [-0.05, 0) is 0 Å². The number of hydrogen-bond acceptors (Lipinski definition) is 3. The van der Waals surface area contributed by atoms with Gasteiger partial charge in [0.2, 0.25) is 0 Å². The second-order valence-electron chi connectivity index (χ2n) is 1.30. The third-order valence-corrected chi connectivity index (χ3v) is 0.889. The van der Waals surface area contributed by atoms with Gasteiger partial charge in [0, 0.05) is 6.54 Å². The van der Waals surface area contributed by atoms with Gasteiger partial charge in [-0.15, -0.1) is 0 Å². The molecule has 36 valence electrons. The third-order valence-electron chi connectivity index (χ3n) is 0.889. The van der Waals surface area contributed by atoms with Crippen LogP contribution in [0.15, 0.2) is 0 Å². The van der Waals surface area contributed by atoms with Crippen LogP contribution in [0.4, 0.5) is 0 Å². The zero-order valence-corrected chi connectivity index (χ0v) is 3.86. The van der Waals surface area contributed by atoms with Crippen LogP contribution < -0.4 is 11.0 Å². The molecule has 1 aliphatic rings. The second-order valence-corrected chi connectivity index (χ2v) is 1.30. The first-order chi connectivity index (χ1) is 2.93. The molecule has 2 N–H and O–H groups in total. The van der Waals surface area contributed by atoms with Gasteiger partial charge in [0.1, 0.15) is 0 Å². The molecule has 1 fully saturated rings. The average Bonchev–Trinajstić information content (AvgIpc) is 1.31. The minimum absolute atomic E-state index is 0.983. The van der Waals surface area contributed by atoms with Crippen LogP contribution in [0.3, 0.4) is 0 Å². The Morgan fingerprint density at radius 3 is 2.50 bits per heavy atom. The van der Waals surface area contributed by atoms with Gasteiger partial charge in [-0.1, -0.05) is 6.92 Å². The maximum Gasteiger partial charge on any atom is 0.0777 e. The Morgan fingerprint density at radius 2 is 2.50 bits per heavy atom. The summed E-state index contributed by atoms with van der Waals surface area (Å²) in [6.45, 7) is 4.16. The van der Waals surface area contributed by atoms with Crippen LogP contribution in [0.5, 0.6) is 0 Å². The highest BCUT2D eigenvalue weighted by Crippen LogP contribution is 1.80. The Bertz CT molecular complexity index is 38.5. The summed E-state index contributed by atoms with van der Waals surface area (Å²) in [5.74, 6) is 0. The molecule has 1 rings (SSSR count). The van der Waals surface area contributed by atoms with E-state index in [2.05, 4.69) is 22.9 Å². The van der Waals surface area contributed by atoms with Gasteiger partial charge in [-0.25, -0.2) is 10.4 Å². The maximum atomic E-state index is 2.89. The van der Waals surface area contributed by atoms with Crippen molar-refractivity contribution in [1.29, 1.82) is 0 Å². The molecule has 0 aromatic rings. The van der Waals surface area contributed by atoms with Gasteiger partial charge in [0.05, 0.1) is 6.67 Å². The van der Waals surface area contributed by atoms with Crippen molar-refractivity contribution in [3.63, 3.8) is 0 Å². The fraction of sp³-hybridized carbons (Fsp3) is 1.00. The van der Waals surface area contributed by atoms with Crippen LogP contribution in [0, 0.1) is 0 Å². The minimum Gasteiger partial charge on any atom is -0.228 e. The van der Waals surface area contributed by atoms with E-state index < -0.39 is 0 Å². The topological polar surface area (TPSA) is 27.3 Å². The molecule has 0 saturated carbocycles. The molecular weight excluding hydrogens is 78.1 g/mol. The lowest BCUT2D eigenvalue weighted by Crippen LogP contribution is -2.63. The van der Waals surface area contributed by atoms with E-state index in [0.29, 0.717) is 0 Å². The summed E-state index contributed by atoms with van der Waals surface area (Å²) in [5.41, 5.74) is 5.77. The van der Waals surface area contributed by atoms with Crippen molar-refractivity contribution in [2.45, 2.75) is 6.92 Å². The first-order valence-electron chi connectivity index (χ1n) is 2.17. The first kappa shape index (κ1) is 4.05. The quantitative estimate of drug-likeness (QED) is 0.442. The second kappa shape index (κ2) is 1.55. The van der Waals surface area contributed by atoms with Crippen molar-refractivity contribution in [2.24, 2.45) is 0 Å². The molecule has 1 heterocycles. The summed E-state index contributed by atoms with van der Waals surface area (Å²) in [7, 11) is 0. The van der Waals surface area contributed by atoms with Crippen molar-refractivity contribution in [3.8, 4) is 0 Å². The zero-order valence-electron chi connectivity index (χ0n) is 3.86. The monoisotopic (exact) mass is 87.1 g/mol. The summed E-state index contributed by atoms with van der Waals surface area (Å²) in [6.07, 6.45) is 0. The van der Waals surface area contributed by atoms with Crippen molar-refractivity contribution in [3.05, 3.63) is 0 Å². The molecule has 0 bridgehead atoms. The van der Waals surface area contributed by atoms with Gasteiger partial charge in [0.25, 0.3) is 0 Å². The fourth-order valence-electron chi connectivity index (χ4n) is 0.382. The smallest absolute Gasteiger partial charge is 0.0777 e. The van der Waals surface area contributed by atoms with E-state index in [1.54, 1.807) is 0 Å². The van der Waals surface area contributed by atoms with Gasteiger partial charge in [-0.3, -0.25) is 0 Å². The average molecular weight is 87.1 g/mol. The SMILES string of the molecule is CCN1CNN1. The number of rotatable bonds is 1. The summed E-state index contributed by atoms with van der Waals surface area (Å²) in [6, 6.07) is 0. The predicted octanol–water partition coefficient (Wildman–Crippen LogP) is -0.711. The molecule has 0 aromatic heterocycles. The third kappa shape index (κ3) is 0.518. The van der Waals surface area contributed by atoms with E-state index in [-0.39, 0.29) is 0 Å². The summed E-state index contributed by atoms with van der Waals surface area (Å²) >= 11 is 0. The Hall–Kier alpha value is -0.120. The molecular formula is C3H9N3. The van der Waals surface area contributed by atoms with Crippen LogP contribution in [-0.2, 0) is 0 Å². The normalized spacial score (nSPS) is 23.5. The molecule has 0 aromatic carbocycles. The molecule has 0 amide bonds. The lowest BCUT2D eigenvalue weighted by atomic mass is 10.7. The van der Waals surface area contributed by atoms with Gasteiger partial charge >= 0.3 is 0 Å². The fourth-order valence-corrected chi connectivity index (χ4v) is 0.382. The summed E-state index contributed by atoms with van der Waals surface area (Å²) < 4.78 is 0. The minimum atomic E-state index is 0.983. The molecule has 1 saturated heterocycles. The highest BCUT2D eigenvalue weighted by molar-refractivity contribution is 4.48. The molecule has 0 atom stereocenters. The maximum absolute atomic E-state index is 2.89. The lowest BCUT2D eigenvalue weighted by molar-refractivity contribution is 0.0361. The van der Waals surface area contributed by atoms with E-state index in [1.165, 1.54) is 0 Å². The number of hydrazine groups is 2. The molecule has 3 heteroatoms. The van der Waals surface area contributed by atoms with Crippen LogP contribution in [-0.4, -0.2) is 18.2 Å². The van der Waals surface area contributed by atoms with Crippen molar-refractivity contribution in [2.75, 3.05) is 13.2 Å². The van der Waals surface area contributed by atoms with Crippen molar-refractivity contribution >= 4 is 0 Å².